The van der Waals surface area contributed by atoms with Crippen molar-refractivity contribution in [2.75, 3.05) is 13.6 Å². The second-order valence-corrected chi connectivity index (χ2v) is 4.31. The maximum absolute atomic E-state index is 12.0. The predicted octanol–water partition coefficient (Wildman–Crippen LogP) is 1.77. The highest BCUT2D eigenvalue weighted by Gasteiger charge is 2.15. The number of hydrogen-bond acceptors (Lipinski definition) is 2. The van der Waals surface area contributed by atoms with Crippen LogP contribution in [0.2, 0.25) is 0 Å². The summed E-state index contributed by atoms with van der Waals surface area (Å²) in [5.74, 6) is 0.122. The standard InChI is InChI=1S/C13H18N2O/c1-3-6-15(2)13(16)10-4-5-11-8-14-9-12(11)7-10/h4-5,7,14H,3,6,8-9H2,1-2H3. The quantitative estimate of drug-likeness (QED) is 0.838. The van der Waals surface area contributed by atoms with Crippen LogP contribution in [-0.2, 0) is 13.1 Å². The summed E-state index contributed by atoms with van der Waals surface area (Å²) in [6.45, 7) is 4.70. The second-order valence-electron chi connectivity index (χ2n) is 4.31. The van der Waals surface area contributed by atoms with Crippen LogP contribution in [0.15, 0.2) is 18.2 Å². The zero-order valence-electron chi connectivity index (χ0n) is 9.92. The summed E-state index contributed by atoms with van der Waals surface area (Å²) in [6, 6.07) is 6.01. The van der Waals surface area contributed by atoms with Gasteiger partial charge in [-0.05, 0) is 29.7 Å². The molecule has 3 heteroatoms. The molecule has 0 aliphatic carbocycles. The van der Waals surface area contributed by atoms with Gasteiger partial charge in [0, 0.05) is 32.2 Å². The molecule has 16 heavy (non-hydrogen) atoms. The molecule has 1 heterocycles. The van der Waals surface area contributed by atoms with E-state index >= 15 is 0 Å². The number of rotatable bonds is 3. The van der Waals surface area contributed by atoms with E-state index in [9.17, 15) is 4.79 Å². The van der Waals surface area contributed by atoms with Crippen molar-refractivity contribution in [3.8, 4) is 0 Å². The fourth-order valence-electron chi connectivity index (χ4n) is 2.09. The zero-order chi connectivity index (χ0) is 11.5. The van der Waals surface area contributed by atoms with Crippen molar-refractivity contribution in [3.05, 3.63) is 34.9 Å². The Morgan fingerprint density at radius 3 is 2.88 bits per heavy atom. The van der Waals surface area contributed by atoms with Crippen LogP contribution in [0.1, 0.15) is 34.8 Å². The summed E-state index contributed by atoms with van der Waals surface area (Å²) < 4.78 is 0. The van der Waals surface area contributed by atoms with E-state index in [4.69, 9.17) is 0 Å². The summed E-state index contributed by atoms with van der Waals surface area (Å²) in [4.78, 5) is 13.8. The average molecular weight is 218 g/mol. The van der Waals surface area contributed by atoms with Crippen molar-refractivity contribution in [3.63, 3.8) is 0 Å². The van der Waals surface area contributed by atoms with Gasteiger partial charge < -0.3 is 10.2 Å². The van der Waals surface area contributed by atoms with Gasteiger partial charge in [0.25, 0.3) is 5.91 Å². The number of benzene rings is 1. The lowest BCUT2D eigenvalue weighted by Gasteiger charge is -2.16. The number of carbonyl (C=O) groups is 1. The lowest BCUT2D eigenvalue weighted by Crippen LogP contribution is -2.27. The summed E-state index contributed by atoms with van der Waals surface area (Å²) >= 11 is 0. The lowest BCUT2D eigenvalue weighted by molar-refractivity contribution is 0.0795. The minimum Gasteiger partial charge on any atom is -0.342 e. The lowest BCUT2D eigenvalue weighted by atomic mass is 10.1. The smallest absolute Gasteiger partial charge is 0.253 e. The molecule has 1 aliphatic rings. The van der Waals surface area contributed by atoms with Gasteiger partial charge in [0.1, 0.15) is 0 Å². The molecule has 0 saturated heterocycles. The summed E-state index contributed by atoms with van der Waals surface area (Å²) in [7, 11) is 1.86. The molecule has 0 atom stereocenters. The average Bonchev–Trinajstić information content (AvgIpc) is 2.75. The first kappa shape index (κ1) is 11.1. The first-order valence-corrected chi connectivity index (χ1v) is 5.80. The van der Waals surface area contributed by atoms with Crippen molar-refractivity contribution < 1.29 is 4.79 Å². The highest BCUT2D eigenvalue weighted by atomic mass is 16.2. The minimum atomic E-state index is 0.122. The fraction of sp³-hybridized carbons (Fsp3) is 0.462. The minimum absolute atomic E-state index is 0.122. The van der Waals surface area contributed by atoms with E-state index in [2.05, 4.69) is 18.3 Å². The second kappa shape index (κ2) is 4.66. The molecule has 0 spiro atoms. The number of hydrogen-bond donors (Lipinski definition) is 1. The Labute approximate surface area is 96.5 Å². The first-order chi connectivity index (χ1) is 7.72. The van der Waals surface area contributed by atoms with Crippen LogP contribution in [0.3, 0.4) is 0 Å². The van der Waals surface area contributed by atoms with Crippen molar-refractivity contribution >= 4 is 5.91 Å². The van der Waals surface area contributed by atoms with Crippen molar-refractivity contribution in [2.45, 2.75) is 26.4 Å². The van der Waals surface area contributed by atoms with Gasteiger partial charge in [0.2, 0.25) is 0 Å². The molecule has 1 amide bonds. The number of nitrogens with zero attached hydrogens (tertiary/aromatic N) is 1. The fourth-order valence-corrected chi connectivity index (χ4v) is 2.09. The molecule has 0 fully saturated rings. The number of carbonyl (C=O) groups excluding carboxylic acids is 1. The molecule has 1 N–H and O–H groups in total. The van der Waals surface area contributed by atoms with Gasteiger partial charge in [0.05, 0.1) is 0 Å². The van der Waals surface area contributed by atoms with E-state index in [0.717, 1.165) is 31.6 Å². The third-order valence-electron chi connectivity index (χ3n) is 2.99. The van der Waals surface area contributed by atoms with E-state index in [0.29, 0.717) is 0 Å². The van der Waals surface area contributed by atoms with Crippen LogP contribution < -0.4 is 5.32 Å². The van der Waals surface area contributed by atoms with E-state index in [-0.39, 0.29) is 5.91 Å². The van der Waals surface area contributed by atoms with E-state index in [1.54, 1.807) is 4.90 Å². The van der Waals surface area contributed by atoms with Gasteiger partial charge in [-0.15, -0.1) is 0 Å². The van der Waals surface area contributed by atoms with Crippen molar-refractivity contribution in [2.24, 2.45) is 0 Å². The Hall–Kier alpha value is -1.35. The monoisotopic (exact) mass is 218 g/mol. The summed E-state index contributed by atoms with van der Waals surface area (Å²) in [5, 5.41) is 3.28. The van der Waals surface area contributed by atoms with Crippen LogP contribution in [0.25, 0.3) is 0 Å². The Morgan fingerprint density at radius 2 is 2.12 bits per heavy atom. The molecule has 0 aromatic heterocycles. The third-order valence-corrected chi connectivity index (χ3v) is 2.99. The highest BCUT2D eigenvalue weighted by Crippen LogP contribution is 2.17. The van der Waals surface area contributed by atoms with E-state index in [1.165, 1.54) is 11.1 Å². The van der Waals surface area contributed by atoms with Gasteiger partial charge >= 0.3 is 0 Å². The molecule has 1 aromatic rings. The molecule has 3 nitrogen and oxygen atoms in total. The number of nitrogens with one attached hydrogen (secondary N) is 1. The van der Waals surface area contributed by atoms with Crippen LogP contribution in [0.4, 0.5) is 0 Å². The van der Waals surface area contributed by atoms with Crippen LogP contribution in [0, 0.1) is 0 Å². The molecule has 1 aliphatic heterocycles. The summed E-state index contributed by atoms with van der Waals surface area (Å²) in [5.41, 5.74) is 3.38. The summed E-state index contributed by atoms with van der Waals surface area (Å²) in [6.07, 6.45) is 0.995. The van der Waals surface area contributed by atoms with Crippen LogP contribution in [-0.4, -0.2) is 24.4 Å². The molecule has 2 rings (SSSR count). The molecular weight excluding hydrogens is 200 g/mol. The van der Waals surface area contributed by atoms with Gasteiger partial charge in [-0.3, -0.25) is 4.79 Å². The molecule has 0 bridgehead atoms. The Morgan fingerprint density at radius 1 is 1.38 bits per heavy atom. The third kappa shape index (κ3) is 2.09. The number of amides is 1. The molecule has 1 aromatic carbocycles. The maximum atomic E-state index is 12.0. The van der Waals surface area contributed by atoms with E-state index < -0.39 is 0 Å². The topological polar surface area (TPSA) is 32.3 Å². The molecule has 0 saturated carbocycles. The molecule has 0 radical (unpaired) electrons. The van der Waals surface area contributed by atoms with Gasteiger partial charge in [-0.1, -0.05) is 13.0 Å². The SMILES string of the molecule is CCCN(C)C(=O)c1ccc2c(c1)CNC2. The van der Waals surface area contributed by atoms with Crippen LogP contribution in [0.5, 0.6) is 0 Å². The highest BCUT2D eigenvalue weighted by molar-refractivity contribution is 5.94. The molecule has 86 valence electrons. The molecule has 0 unspecified atom stereocenters. The van der Waals surface area contributed by atoms with Crippen molar-refractivity contribution in [1.29, 1.82) is 0 Å². The predicted molar refractivity (Wildman–Crippen MR) is 64.2 cm³/mol. The largest absolute Gasteiger partial charge is 0.342 e. The van der Waals surface area contributed by atoms with Crippen LogP contribution >= 0.6 is 0 Å². The zero-order valence-corrected chi connectivity index (χ0v) is 9.92. The first-order valence-electron chi connectivity index (χ1n) is 5.80. The Kier molecular flexibility index (Phi) is 3.25. The normalized spacial score (nSPS) is 13.6. The Bertz CT molecular complexity index is 401. The van der Waals surface area contributed by atoms with Gasteiger partial charge in [0.15, 0.2) is 0 Å². The molecular formula is C13H18N2O. The van der Waals surface area contributed by atoms with Gasteiger partial charge in [-0.25, -0.2) is 0 Å². The number of fused-ring (bicyclic) bond motifs is 1. The van der Waals surface area contributed by atoms with Crippen molar-refractivity contribution in [1.82, 2.24) is 10.2 Å². The van der Waals surface area contributed by atoms with Gasteiger partial charge in [-0.2, -0.15) is 0 Å². The Balaban J connectivity index is 2.18. The van der Waals surface area contributed by atoms with E-state index in [1.807, 2.05) is 19.2 Å². The maximum Gasteiger partial charge on any atom is 0.253 e.